The molecule has 0 aliphatic rings. The standard InChI is InChI=1S/C17H12N2O4/c20-15(19-17(22)18-12-7-2-1-3-8-12)13-10-11-6-4-5-9-14(11)23-16(13)21/h1-10H,(H2,18,19,20,22). The van der Waals surface area contributed by atoms with Crippen molar-refractivity contribution < 1.29 is 14.0 Å². The van der Waals surface area contributed by atoms with Crippen LogP contribution in [-0.4, -0.2) is 11.9 Å². The molecule has 0 saturated heterocycles. The van der Waals surface area contributed by atoms with Gasteiger partial charge in [0.15, 0.2) is 0 Å². The van der Waals surface area contributed by atoms with E-state index in [0.29, 0.717) is 16.7 Å². The highest BCUT2D eigenvalue weighted by molar-refractivity contribution is 6.08. The van der Waals surface area contributed by atoms with Gasteiger partial charge in [0, 0.05) is 11.1 Å². The number of hydrogen-bond donors (Lipinski definition) is 2. The molecule has 0 unspecified atom stereocenters. The molecule has 3 rings (SSSR count). The molecule has 2 aromatic carbocycles. The van der Waals surface area contributed by atoms with Gasteiger partial charge in [-0.05, 0) is 24.3 Å². The van der Waals surface area contributed by atoms with Crippen LogP contribution in [0.5, 0.6) is 0 Å². The summed E-state index contributed by atoms with van der Waals surface area (Å²) in [6.07, 6.45) is 0. The SMILES string of the molecule is O=C(NC(=O)c1cc2ccccc2oc1=O)Nc1ccccc1. The number of fused-ring (bicyclic) bond motifs is 1. The summed E-state index contributed by atoms with van der Waals surface area (Å²) < 4.78 is 5.07. The predicted molar refractivity (Wildman–Crippen MR) is 85.4 cm³/mol. The number of hydrogen-bond acceptors (Lipinski definition) is 4. The largest absolute Gasteiger partial charge is 0.422 e. The summed E-state index contributed by atoms with van der Waals surface area (Å²) in [6, 6.07) is 16.1. The third-order valence-electron chi connectivity index (χ3n) is 3.14. The molecular formula is C17H12N2O4. The molecule has 3 aromatic rings. The van der Waals surface area contributed by atoms with Crippen LogP contribution in [0.1, 0.15) is 10.4 Å². The first-order valence-corrected chi connectivity index (χ1v) is 6.84. The predicted octanol–water partition coefficient (Wildman–Crippen LogP) is 2.75. The van der Waals surface area contributed by atoms with Crippen LogP contribution in [0.4, 0.5) is 10.5 Å². The molecule has 0 aliphatic carbocycles. The van der Waals surface area contributed by atoms with E-state index < -0.39 is 17.6 Å². The Morgan fingerprint density at radius 1 is 0.913 bits per heavy atom. The van der Waals surface area contributed by atoms with E-state index in [1.807, 2.05) is 0 Å². The minimum atomic E-state index is -0.821. The van der Waals surface area contributed by atoms with Crippen molar-refractivity contribution >= 4 is 28.6 Å². The summed E-state index contributed by atoms with van der Waals surface area (Å²) in [5.74, 6) is -0.821. The highest BCUT2D eigenvalue weighted by Gasteiger charge is 2.16. The van der Waals surface area contributed by atoms with Crippen LogP contribution in [0.15, 0.2) is 69.9 Å². The lowest BCUT2D eigenvalue weighted by Crippen LogP contribution is -2.36. The van der Waals surface area contributed by atoms with Crippen molar-refractivity contribution in [1.29, 1.82) is 0 Å². The first kappa shape index (κ1) is 14.5. The Balaban J connectivity index is 1.79. The van der Waals surface area contributed by atoms with E-state index in [1.165, 1.54) is 6.07 Å². The van der Waals surface area contributed by atoms with Gasteiger partial charge < -0.3 is 9.73 Å². The van der Waals surface area contributed by atoms with Gasteiger partial charge >= 0.3 is 11.7 Å². The van der Waals surface area contributed by atoms with E-state index in [9.17, 15) is 14.4 Å². The van der Waals surface area contributed by atoms with Gasteiger partial charge in [0.1, 0.15) is 11.1 Å². The molecule has 2 N–H and O–H groups in total. The Morgan fingerprint density at radius 2 is 1.61 bits per heavy atom. The molecule has 0 radical (unpaired) electrons. The van der Waals surface area contributed by atoms with Crippen LogP contribution in [0.25, 0.3) is 11.0 Å². The van der Waals surface area contributed by atoms with Gasteiger partial charge in [-0.1, -0.05) is 36.4 Å². The van der Waals surface area contributed by atoms with Crippen LogP contribution >= 0.6 is 0 Å². The molecule has 0 bridgehead atoms. The number of benzene rings is 2. The van der Waals surface area contributed by atoms with E-state index in [-0.39, 0.29) is 5.56 Å². The minimum Gasteiger partial charge on any atom is -0.422 e. The smallest absolute Gasteiger partial charge is 0.349 e. The zero-order valence-corrected chi connectivity index (χ0v) is 11.9. The van der Waals surface area contributed by atoms with Gasteiger partial charge in [-0.2, -0.15) is 0 Å². The van der Waals surface area contributed by atoms with Gasteiger partial charge in [0.25, 0.3) is 5.91 Å². The third-order valence-corrected chi connectivity index (χ3v) is 3.14. The molecular weight excluding hydrogens is 296 g/mol. The number of carbonyl (C=O) groups excluding carboxylic acids is 2. The maximum absolute atomic E-state index is 12.1. The van der Waals surface area contributed by atoms with Crippen LogP contribution in [0, 0.1) is 0 Å². The summed E-state index contributed by atoms with van der Waals surface area (Å²) in [5.41, 5.74) is -0.119. The quantitative estimate of drug-likeness (QED) is 0.712. The molecule has 114 valence electrons. The number of imide groups is 1. The van der Waals surface area contributed by atoms with Crippen LogP contribution in [0.2, 0.25) is 0 Å². The summed E-state index contributed by atoms with van der Waals surface area (Å²) in [4.78, 5) is 35.7. The normalized spacial score (nSPS) is 10.3. The Kier molecular flexibility index (Phi) is 3.88. The second-order valence-electron chi connectivity index (χ2n) is 4.76. The van der Waals surface area contributed by atoms with Crippen molar-refractivity contribution in [1.82, 2.24) is 5.32 Å². The van der Waals surface area contributed by atoms with Crippen molar-refractivity contribution in [3.05, 3.63) is 76.6 Å². The highest BCUT2D eigenvalue weighted by atomic mass is 16.4. The molecule has 6 nitrogen and oxygen atoms in total. The number of amides is 3. The fourth-order valence-electron chi connectivity index (χ4n) is 2.07. The maximum Gasteiger partial charge on any atom is 0.349 e. The zero-order valence-electron chi connectivity index (χ0n) is 11.9. The first-order chi connectivity index (χ1) is 11.1. The Morgan fingerprint density at radius 3 is 2.39 bits per heavy atom. The number of urea groups is 1. The van der Waals surface area contributed by atoms with Crippen molar-refractivity contribution in [2.24, 2.45) is 0 Å². The van der Waals surface area contributed by atoms with Crippen molar-refractivity contribution in [3.63, 3.8) is 0 Å². The fraction of sp³-hybridized carbons (Fsp3) is 0. The minimum absolute atomic E-state index is 0.230. The zero-order chi connectivity index (χ0) is 16.2. The molecule has 0 fully saturated rings. The lowest BCUT2D eigenvalue weighted by atomic mass is 10.2. The van der Waals surface area contributed by atoms with E-state index in [2.05, 4.69) is 10.6 Å². The van der Waals surface area contributed by atoms with E-state index in [4.69, 9.17) is 4.42 Å². The van der Waals surface area contributed by atoms with Crippen molar-refractivity contribution in [2.75, 3.05) is 5.32 Å². The molecule has 6 heteroatoms. The topological polar surface area (TPSA) is 88.4 Å². The highest BCUT2D eigenvalue weighted by Crippen LogP contribution is 2.12. The lowest BCUT2D eigenvalue weighted by Gasteiger charge is -2.06. The Labute approximate surface area is 130 Å². The molecule has 0 saturated carbocycles. The van der Waals surface area contributed by atoms with Gasteiger partial charge in [0.05, 0.1) is 0 Å². The number of carbonyl (C=O) groups is 2. The number of nitrogens with one attached hydrogen (secondary N) is 2. The lowest BCUT2D eigenvalue weighted by molar-refractivity contribution is 0.0963. The maximum atomic E-state index is 12.1. The summed E-state index contributed by atoms with van der Waals surface area (Å²) in [5, 5.41) is 5.19. The third kappa shape index (κ3) is 3.26. The van der Waals surface area contributed by atoms with Gasteiger partial charge in [-0.15, -0.1) is 0 Å². The molecule has 0 aliphatic heterocycles. The number of para-hydroxylation sites is 2. The van der Waals surface area contributed by atoms with E-state index in [0.717, 1.165) is 0 Å². The van der Waals surface area contributed by atoms with Crippen molar-refractivity contribution in [2.45, 2.75) is 0 Å². The molecule has 0 atom stereocenters. The second-order valence-corrected chi connectivity index (χ2v) is 4.76. The molecule has 1 heterocycles. The monoisotopic (exact) mass is 308 g/mol. The second kappa shape index (κ2) is 6.15. The van der Waals surface area contributed by atoms with Crippen LogP contribution < -0.4 is 16.3 Å². The summed E-state index contributed by atoms with van der Waals surface area (Å²) in [7, 11) is 0. The van der Waals surface area contributed by atoms with Crippen LogP contribution in [-0.2, 0) is 0 Å². The summed E-state index contributed by atoms with van der Waals surface area (Å²) >= 11 is 0. The molecule has 1 aromatic heterocycles. The fourth-order valence-corrected chi connectivity index (χ4v) is 2.07. The number of rotatable bonds is 2. The first-order valence-electron chi connectivity index (χ1n) is 6.84. The number of anilines is 1. The van der Waals surface area contributed by atoms with Gasteiger partial charge in [-0.25, -0.2) is 9.59 Å². The van der Waals surface area contributed by atoms with Gasteiger partial charge in [-0.3, -0.25) is 10.1 Å². The van der Waals surface area contributed by atoms with E-state index >= 15 is 0 Å². The Hall–Kier alpha value is -3.41. The average Bonchev–Trinajstić information content (AvgIpc) is 2.55. The molecule has 0 spiro atoms. The molecule has 23 heavy (non-hydrogen) atoms. The van der Waals surface area contributed by atoms with E-state index in [1.54, 1.807) is 54.6 Å². The summed E-state index contributed by atoms with van der Waals surface area (Å²) in [6.45, 7) is 0. The van der Waals surface area contributed by atoms with Crippen LogP contribution in [0.3, 0.4) is 0 Å². The van der Waals surface area contributed by atoms with Gasteiger partial charge in [0.2, 0.25) is 0 Å². The Bertz CT molecular complexity index is 932. The average molecular weight is 308 g/mol. The van der Waals surface area contributed by atoms with Crippen molar-refractivity contribution in [3.8, 4) is 0 Å². The molecule has 3 amide bonds.